The molecular weight excluding hydrogens is 218 g/mol. The highest BCUT2D eigenvalue weighted by Gasteiger charge is 2.16. The summed E-state index contributed by atoms with van der Waals surface area (Å²) in [6, 6.07) is 0. The molecule has 17 heavy (non-hydrogen) atoms. The molecule has 1 aromatic rings. The molecule has 1 amide bonds. The van der Waals surface area contributed by atoms with E-state index in [4.69, 9.17) is 4.74 Å². The molecule has 1 unspecified atom stereocenters. The van der Waals surface area contributed by atoms with Gasteiger partial charge in [-0.3, -0.25) is 4.79 Å². The number of aromatic nitrogens is 2. The fraction of sp³-hybridized carbons (Fsp3) is 0.667. The fourth-order valence-corrected chi connectivity index (χ4v) is 2.01. The normalized spacial score (nSPS) is 19.4. The highest BCUT2D eigenvalue weighted by atomic mass is 16.5. The lowest BCUT2D eigenvalue weighted by Crippen LogP contribution is -2.26. The summed E-state index contributed by atoms with van der Waals surface area (Å²) in [5.41, 5.74) is 0. The van der Waals surface area contributed by atoms with E-state index < -0.39 is 0 Å². The first kappa shape index (κ1) is 12.1. The number of nitrogens with one attached hydrogen (secondary N) is 2. The van der Waals surface area contributed by atoms with Crippen LogP contribution in [0.1, 0.15) is 31.5 Å². The largest absolute Gasteiger partial charge is 0.378 e. The number of amides is 1. The lowest BCUT2D eigenvalue weighted by molar-refractivity contribution is -0.121. The molecule has 0 bridgehead atoms. The Balaban J connectivity index is 1.54. The number of aromatic amines is 1. The van der Waals surface area contributed by atoms with Crippen LogP contribution in [0.3, 0.4) is 0 Å². The van der Waals surface area contributed by atoms with Crippen molar-refractivity contribution in [3.8, 4) is 0 Å². The Morgan fingerprint density at radius 1 is 1.65 bits per heavy atom. The van der Waals surface area contributed by atoms with Crippen molar-refractivity contribution in [2.75, 3.05) is 13.2 Å². The van der Waals surface area contributed by atoms with E-state index in [2.05, 4.69) is 15.3 Å². The van der Waals surface area contributed by atoms with E-state index in [1.807, 2.05) is 0 Å². The minimum atomic E-state index is 0.104. The van der Waals surface area contributed by atoms with Crippen LogP contribution < -0.4 is 5.32 Å². The second-order valence-corrected chi connectivity index (χ2v) is 4.31. The molecule has 5 heteroatoms. The smallest absolute Gasteiger partial charge is 0.220 e. The summed E-state index contributed by atoms with van der Waals surface area (Å²) in [6.07, 6.45) is 8.17. The third-order valence-electron chi connectivity index (χ3n) is 2.96. The summed E-state index contributed by atoms with van der Waals surface area (Å²) in [6.45, 7) is 1.49. The minimum absolute atomic E-state index is 0.104. The van der Waals surface area contributed by atoms with Gasteiger partial charge in [-0.15, -0.1) is 0 Å². The first-order valence-corrected chi connectivity index (χ1v) is 6.21. The third kappa shape index (κ3) is 4.19. The van der Waals surface area contributed by atoms with Crippen LogP contribution in [0.4, 0.5) is 0 Å². The van der Waals surface area contributed by atoms with Gasteiger partial charge in [0.1, 0.15) is 5.82 Å². The Labute approximate surface area is 101 Å². The van der Waals surface area contributed by atoms with Gasteiger partial charge in [0.2, 0.25) is 5.91 Å². The first-order chi connectivity index (χ1) is 8.34. The van der Waals surface area contributed by atoms with E-state index in [1.165, 1.54) is 0 Å². The lowest BCUT2D eigenvalue weighted by Gasteiger charge is -2.08. The van der Waals surface area contributed by atoms with Gasteiger partial charge >= 0.3 is 0 Å². The van der Waals surface area contributed by atoms with Gasteiger partial charge in [0.15, 0.2) is 0 Å². The molecular formula is C12H19N3O2. The van der Waals surface area contributed by atoms with E-state index in [0.29, 0.717) is 19.1 Å². The monoisotopic (exact) mass is 237 g/mol. The van der Waals surface area contributed by atoms with E-state index >= 15 is 0 Å². The standard InChI is InChI=1S/C12H19N3O2/c16-12(4-3-10-2-1-9-17-10)15-6-5-11-13-7-8-14-11/h7-8,10H,1-6,9H2,(H,13,14)(H,15,16). The van der Waals surface area contributed by atoms with E-state index in [1.54, 1.807) is 12.4 Å². The van der Waals surface area contributed by atoms with Crippen molar-refractivity contribution in [3.05, 3.63) is 18.2 Å². The van der Waals surface area contributed by atoms with Crippen molar-refractivity contribution in [1.29, 1.82) is 0 Å². The molecule has 5 nitrogen and oxygen atoms in total. The highest BCUT2D eigenvalue weighted by Crippen LogP contribution is 2.16. The summed E-state index contributed by atoms with van der Waals surface area (Å²) in [5.74, 6) is 1.01. The Bertz CT molecular complexity index is 332. The number of hydrogen-bond donors (Lipinski definition) is 2. The Morgan fingerprint density at radius 2 is 2.59 bits per heavy atom. The zero-order chi connectivity index (χ0) is 11.9. The molecule has 1 fully saturated rings. The van der Waals surface area contributed by atoms with Crippen LogP contribution in [-0.2, 0) is 16.0 Å². The number of imidazole rings is 1. The molecule has 1 aromatic heterocycles. The summed E-state index contributed by atoms with van der Waals surface area (Å²) in [4.78, 5) is 18.6. The molecule has 0 saturated carbocycles. The molecule has 2 rings (SSSR count). The third-order valence-corrected chi connectivity index (χ3v) is 2.96. The molecule has 94 valence electrons. The average molecular weight is 237 g/mol. The molecule has 1 aliphatic rings. The Morgan fingerprint density at radius 3 is 3.29 bits per heavy atom. The zero-order valence-corrected chi connectivity index (χ0v) is 9.95. The summed E-state index contributed by atoms with van der Waals surface area (Å²) < 4.78 is 5.47. The SMILES string of the molecule is O=C(CCC1CCCO1)NCCc1ncc[nH]1. The van der Waals surface area contributed by atoms with Crippen molar-refractivity contribution in [2.24, 2.45) is 0 Å². The van der Waals surface area contributed by atoms with Crippen LogP contribution in [0, 0.1) is 0 Å². The second kappa shape index (κ2) is 6.39. The summed E-state index contributed by atoms with van der Waals surface area (Å²) >= 11 is 0. The maximum Gasteiger partial charge on any atom is 0.220 e. The average Bonchev–Trinajstić information content (AvgIpc) is 2.99. The number of hydrogen-bond acceptors (Lipinski definition) is 3. The van der Waals surface area contributed by atoms with Gasteiger partial charge < -0.3 is 15.0 Å². The Kier molecular flexibility index (Phi) is 4.55. The molecule has 1 atom stereocenters. The molecule has 2 N–H and O–H groups in total. The molecule has 0 spiro atoms. The lowest BCUT2D eigenvalue weighted by atomic mass is 10.1. The van der Waals surface area contributed by atoms with Crippen LogP contribution in [0.2, 0.25) is 0 Å². The maximum absolute atomic E-state index is 11.5. The Hall–Kier alpha value is -1.36. The van der Waals surface area contributed by atoms with Gasteiger partial charge in [0.05, 0.1) is 6.10 Å². The molecule has 1 saturated heterocycles. The number of carbonyl (C=O) groups is 1. The van der Waals surface area contributed by atoms with E-state index in [0.717, 1.165) is 38.1 Å². The second-order valence-electron chi connectivity index (χ2n) is 4.31. The van der Waals surface area contributed by atoms with Gasteiger partial charge in [0, 0.05) is 38.4 Å². The molecule has 0 radical (unpaired) electrons. The predicted molar refractivity (Wildman–Crippen MR) is 63.5 cm³/mol. The molecule has 0 aromatic carbocycles. The minimum Gasteiger partial charge on any atom is -0.378 e. The van der Waals surface area contributed by atoms with E-state index in [-0.39, 0.29) is 5.91 Å². The van der Waals surface area contributed by atoms with Gasteiger partial charge in [-0.05, 0) is 19.3 Å². The number of rotatable bonds is 6. The summed E-state index contributed by atoms with van der Waals surface area (Å²) in [5, 5.41) is 2.89. The maximum atomic E-state index is 11.5. The van der Waals surface area contributed by atoms with Gasteiger partial charge in [-0.2, -0.15) is 0 Å². The first-order valence-electron chi connectivity index (χ1n) is 6.21. The van der Waals surface area contributed by atoms with Crippen molar-refractivity contribution in [3.63, 3.8) is 0 Å². The van der Waals surface area contributed by atoms with Crippen LogP contribution in [0.25, 0.3) is 0 Å². The predicted octanol–water partition coefficient (Wildman–Crippen LogP) is 1.03. The van der Waals surface area contributed by atoms with Crippen molar-refractivity contribution in [2.45, 2.75) is 38.2 Å². The molecule has 0 aliphatic carbocycles. The quantitative estimate of drug-likeness (QED) is 0.776. The number of carbonyl (C=O) groups excluding carboxylic acids is 1. The molecule has 2 heterocycles. The van der Waals surface area contributed by atoms with Crippen LogP contribution >= 0.6 is 0 Å². The van der Waals surface area contributed by atoms with Crippen molar-refractivity contribution in [1.82, 2.24) is 15.3 Å². The number of nitrogens with zero attached hydrogens (tertiary/aromatic N) is 1. The fourth-order valence-electron chi connectivity index (χ4n) is 2.01. The van der Waals surface area contributed by atoms with Gasteiger partial charge in [0.25, 0.3) is 0 Å². The van der Waals surface area contributed by atoms with Crippen molar-refractivity contribution < 1.29 is 9.53 Å². The molecule has 1 aliphatic heterocycles. The van der Waals surface area contributed by atoms with Gasteiger partial charge in [-0.1, -0.05) is 0 Å². The number of ether oxygens (including phenoxy) is 1. The van der Waals surface area contributed by atoms with Crippen LogP contribution in [0.5, 0.6) is 0 Å². The van der Waals surface area contributed by atoms with Crippen molar-refractivity contribution >= 4 is 5.91 Å². The number of H-pyrrole nitrogens is 1. The zero-order valence-electron chi connectivity index (χ0n) is 9.95. The van der Waals surface area contributed by atoms with E-state index in [9.17, 15) is 4.79 Å². The van der Waals surface area contributed by atoms with Gasteiger partial charge in [-0.25, -0.2) is 4.98 Å². The summed E-state index contributed by atoms with van der Waals surface area (Å²) in [7, 11) is 0. The van der Waals surface area contributed by atoms with Crippen LogP contribution in [0.15, 0.2) is 12.4 Å². The highest BCUT2D eigenvalue weighted by molar-refractivity contribution is 5.75. The van der Waals surface area contributed by atoms with Crippen LogP contribution in [-0.4, -0.2) is 35.1 Å². The topological polar surface area (TPSA) is 67.0 Å².